The van der Waals surface area contributed by atoms with Crippen LogP contribution in [0.1, 0.15) is 64.0 Å². The van der Waals surface area contributed by atoms with Gasteiger partial charge in [0.1, 0.15) is 11.6 Å². The van der Waals surface area contributed by atoms with Crippen molar-refractivity contribution < 1.29 is 4.79 Å². The van der Waals surface area contributed by atoms with Crippen molar-refractivity contribution in [1.29, 1.82) is 0 Å². The predicted molar refractivity (Wildman–Crippen MR) is 98.3 cm³/mol. The van der Waals surface area contributed by atoms with Crippen LogP contribution in [0.15, 0.2) is 0 Å². The first kappa shape index (κ1) is 18.4. The van der Waals surface area contributed by atoms with Gasteiger partial charge in [0.2, 0.25) is 5.91 Å². The first-order valence-electron chi connectivity index (χ1n) is 9.95. The molecule has 25 heavy (non-hydrogen) atoms. The maximum Gasteiger partial charge on any atom is 0.239 e. The van der Waals surface area contributed by atoms with Gasteiger partial charge < -0.3 is 4.90 Å². The summed E-state index contributed by atoms with van der Waals surface area (Å²) >= 11 is 0. The molecule has 2 fully saturated rings. The van der Waals surface area contributed by atoms with Crippen LogP contribution in [0.3, 0.4) is 0 Å². The second kappa shape index (κ2) is 7.85. The molecule has 0 aromatic carbocycles. The van der Waals surface area contributed by atoms with E-state index in [1.54, 1.807) is 0 Å². The van der Waals surface area contributed by atoms with Gasteiger partial charge >= 0.3 is 0 Å². The predicted octanol–water partition coefficient (Wildman–Crippen LogP) is 2.54. The third-order valence-corrected chi connectivity index (χ3v) is 6.01. The molecule has 0 bridgehead atoms. The summed E-state index contributed by atoms with van der Waals surface area (Å²) in [5.74, 6) is 2.11. The molecule has 2 aliphatic heterocycles. The minimum absolute atomic E-state index is 0.0374. The Labute approximate surface area is 151 Å². The molecule has 6 heteroatoms. The lowest BCUT2D eigenvalue weighted by atomic mass is 9.99. The Bertz CT molecular complexity index is 599. The number of rotatable bonds is 5. The van der Waals surface area contributed by atoms with Crippen molar-refractivity contribution in [2.24, 2.45) is 0 Å². The van der Waals surface area contributed by atoms with E-state index in [-0.39, 0.29) is 6.04 Å². The average molecular weight is 348 g/mol. The standard InChI is InChI=1S/C19H33N5O/c1-5-17-9-6-7-11-23(17)19(25)14(2)22-12-8-10-18(22)13-24-16(4)20-15(3)21-24/h14,17-18H,5-13H2,1-4H3/t14-,17+,18+/m0/s1. The fourth-order valence-corrected chi connectivity index (χ4v) is 4.59. The first-order chi connectivity index (χ1) is 12.0. The maximum absolute atomic E-state index is 13.2. The highest BCUT2D eigenvalue weighted by molar-refractivity contribution is 5.82. The highest BCUT2D eigenvalue weighted by atomic mass is 16.2. The number of aromatic nitrogens is 3. The number of carbonyl (C=O) groups excluding carboxylic acids is 1. The number of piperidine rings is 1. The van der Waals surface area contributed by atoms with Crippen LogP contribution in [0.4, 0.5) is 0 Å². The van der Waals surface area contributed by atoms with E-state index in [2.05, 4.69) is 33.7 Å². The smallest absolute Gasteiger partial charge is 0.239 e. The zero-order valence-electron chi connectivity index (χ0n) is 16.2. The van der Waals surface area contributed by atoms with Gasteiger partial charge in [0, 0.05) is 18.6 Å². The zero-order chi connectivity index (χ0) is 18.0. The van der Waals surface area contributed by atoms with E-state index < -0.39 is 0 Å². The summed E-state index contributed by atoms with van der Waals surface area (Å²) in [7, 11) is 0. The SMILES string of the molecule is CC[C@@H]1CCCCN1C(=O)[C@H](C)N1CCC[C@@H]1Cn1nc(C)nc1C. The van der Waals surface area contributed by atoms with E-state index in [9.17, 15) is 4.79 Å². The number of amides is 1. The molecule has 1 amide bonds. The molecule has 0 aliphatic carbocycles. The minimum Gasteiger partial charge on any atom is -0.338 e. The molecule has 0 unspecified atom stereocenters. The summed E-state index contributed by atoms with van der Waals surface area (Å²) in [4.78, 5) is 22.1. The molecule has 3 atom stereocenters. The summed E-state index contributed by atoms with van der Waals surface area (Å²) in [5.41, 5.74) is 0. The summed E-state index contributed by atoms with van der Waals surface area (Å²) in [6, 6.07) is 0.776. The van der Waals surface area contributed by atoms with Crippen molar-refractivity contribution in [2.45, 2.75) is 90.9 Å². The highest BCUT2D eigenvalue weighted by Crippen LogP contribution is 2.26. The number of hydrogen-bond donors (Lipinski definition) is 0. The van der Waals surface area contributed by atoms with Crippen LogP contribution in [0.25, 0.3) is 0 Å². The Kier molecular flexibility index (Phi) is 5.77. The first-order valence-corrected chi connectivity index (χ1v) is 9.95. The van der Waals surface area contributed by atoms with Crippen LogP contribution in [-0.4, -0.2) is 61.7 Å². The van der Waals surface area contributed by atoms with Crippen LogP contribution < -0.4 is 0 Å². The second-order valence-corrected chi connectivity index (χ2v) is 7.69. The lowest BCUT2D eigenvalue weighted by Crippen LogP contribution is -2.53. The van der Waals surface area contributed by atoms with Crippen molar-refractivity contribution in [1.82, 2.24) is 24.6 Å². The van der Waals surface area contributed by atoms with Gasteiger partial charge in [-0.3, -0.25) is 9.69 Å². The Morgan fingerprint density at radius 3 is 2.60 bits per heavy atom. The van der Waals surface area contributed by atoms with E-state index in [1.165, 1.54) is 6.42 Å². The largest absolute Gasteiger partial charge is 0.338 e. The number of carbonyl (C=O) groups is 1. The molecule has 2 saturated heterocycles. The summed E-state index contributed by atoms with van der Waals surface area (Å²) < 4.78 is 2.01. The molecule has 2 aliphatic rings. The lowest BCUT2D eigenvalue weighted by molar-refractivity contribution is -0.140. The molecular weight excluding hydrogens is 314 g/mol. The summed E-state index contributed by atoms with van der Waals surface area (Å²) in [5, 5.41) is 4.51. The van der Waals surface area contributed by atoms with Crippen molar-refractivity contribution in [3.63, 3.8) is 0 Å². The van der Waals surface area contributed by atoms with Gasteiger partial charge in [-0.2, -0.15) is 5.10 Å². The van der Waals surface area contributed by atoms with Crippen molar-refractivity contribution in [3.05, 3.63) is 11.6 Å². The van der Waals surface area contributed by atoms with Gasteiger partial charge in [-0.05, 0) is 65.8 Å². The molecule has 3 rings (SSSR count). The molecule has 0 saturated carbocycles. The van der Waals surface area contributed by atoms with Gasteiger partial charge in [0.05, 0.1) is 12.6 Å². The zero-order valence-corrected chi connectivity index (χ0v) is 16.2. The normalized spacial score (nSPS) is 26.2. The van der Waals surface area contributed by atoms with Gasteiger partial charge in [-0.1, -0.05) is 6.92 Å². The molecule has 0 N–H and O–H groups in total. The fraction of sp³-hybridized carbons (Fsp3) is 0.842. The van der Waals surface area contributed by atoms with Gasteiger partial charge in [-0.15, -0.1) is 0 Å². The third-order valence-electron chi connectivity index (χ3n) is 6.01. The number of aryl methyl sites for hydroxylation is 2. The van der Waals surface area contributed by atoms with Crippen LogP contribution in [0, 0.1) is 13.8 Å². The summed E-state index contributed by atoms with van der Waals surface area (Å²) in [6.07, 6.45) is 6.93. The van der Waals surface area contributed by atoms with Gasteiger partial charge in [0.25, 0.3) is 0 Å². The number of likely N-dealkylation sites (tertiary alicyclic amines) is 2. The molecule has 6 nitrogen and oxygen atoms in total. The van der Waals surface area contributed by atoms with Gasteiger partial charge in [0.15, 0.2) is 0 Å². The van der Waals surface area contributed by atoms with E-state index in [0.717, 1.165) is 63.4 Å². The van der Waals surface area contributed by atoms with E-state index in [0.29, 0.717) is 18.0 Å². The Morgan fingerprint density at radius 2 is 1.92 bits per heavy atom. The van der Waals surface area contributed by atoms with Crippen molar-refractivity contribution in [3.8, 4) is 0 Å². The molecule has 1 aromatic heterocycles. The summed E-state index contributed by atoms with van der Waals surface area (Å²) in [6.45, 7) is 11.0. The molecule has 1 aromatic rings. The topological polar surface area (TPSA) is 54.3 Å². The maximum atomic E-state index is 13.2. The molecule has 3 heterocycles. The van der Waals surface area contributed by atoms with Crippen LogP contribution in [0.5, 0.6) is 0 Å². The van der Waals surface area contributed by atoms with E-state index >= 15 is 0 Å². The van der Waals surface area contributed by atoms with Gasteiger partial charge in [-0.25, -0.2) is 9.67 Å². The fourth-order valence-electron chi connectivity index (χ4n) is 4.59. The lowest BCUT2D eigenvalue weighted by Gasteiger charge is -2.40. The minimum atomic E-state index is -0.0374. The molecule has 140 valence electrons. The molecule has 0 radical (unpaired) electrons. The van der Waals surface area contributed by atoms with Crippen LogP contribution in [0.2, 0.25) is 0 Å². The van der Waals surface area contributed by atoms with Crippen LogP contribution >= 0.6 is 0 Å². The third kappa shape index (κ3) is 3.89. The molecular formula is C19H33N5O. The quantitative estimate of drug-likeness (QED) is 0.821. The van der Waals surface area contributed by atoms with E-state index in [1.807, 2.05) is 18.5 Å². The Balaban J connectivity index is 1.68. The Hall–Kier alpha value is -1.43. The van der Waals surface area contributed by atoms with Crippen molar-refractivity contribution in [2.75, 3.05) is 13.1 Å². The monoisotopic (exact) mass is 347 g/mol. The average Bonchev–Trinajstić information content (AvgIpc) is 3.20. The molecule has 0 spiro atoms. The number of hydrogen-bond acceptors (Lipinski definition) is 4. The Morgan fingerprint density at radius 1 is 1.16 bits per heavy atom. The number of nitrogens with zero attached hydrogens (tertiary/aromatic N) is 5. The van der Waals surface area contributed by atoms with Crippen LogP contribution in [-0.2, 0) is 11.3 Å². The highest BCUT2D eigenvalue weighted by Gasteiger charge is 2.36. The second-order valence-electron chi connectivity index (χ2n) is 7.69. The van der Waals surface area contributed by atoms with Crippen molar-refractivity contribution >= 4 is 5.91 Å². The van der Waals surface area contributed by atoms with E-state index in [4.69, 9.17) is 0 Å².